The van der Waals surface area contributed by atoms with Crippen LogP contribution in [0.1, 0.15) is 43.6 Å². The number of likely N-dealkylation sites (tertiary alicyclic amines) is 1. The summed E-state index contributed by atoms with van der Waals surface area (Å²) in [6, 6.07) is 21.8. The quantitative estimate of drug-likeness (QED) is 0.329. The number of ether oxygens (including phenoxy) is 1. The van der Waals surface area contributed by atoms with Gasteiger partial charge in [-0.3, -0.25) is 14.5 Å². The molecule has 1 aliphatic heterocycles. The summed E-state index contributed by atoms with van der Waals surface area (Å²) in [6.45, 7) is 4.57. The molecule has 3 aromatic rings. The fourth-order valence-electron chi connectivity index (χ4n) is 4.88. The van der Waals surface area contributed by atoms with Gasteiger partial charge in [0, 0.05) is 42.5 Å². The SMILES string of the molecule is CCC(=O)N(c1ccccc1)C1CCN(CC(=O)Nc2ccccc2OC(CCNC)c2cccs2)CC1. The minimum absolute atomic E-state index is 0.0630. The molecule has 1 unspecified atom stereocenters. The van der Waals surface area contributed by atoms with Gasteiger partial charge in [0.05, 0.1) is 12.2 Å². The Morgan fingerprint density at radius 3 is 2.47 bits per heavy atom. The van der Waals surface area contributed by atoms with Crippen LogP contribution in [0, 0.1) is 0 Å². The Balaban J connectivity index is 1.34. The minimum atomic E-state index is -0.0853. The van der Waals surface area contributed by atoms with Gasteiger partial charge >= 0.3 is 0 Å². The average molecular weight is 535 g/mol. The number of rotatable bonds is 12. The zero-order valence-corrected chi connectivity index (χ0v) is 23.1. The first-order valence-electron chi connectivity index (χ1n) is 13.4. The summed E-state index contributed by atoms with van der Waals surface area (Å²) in [4.78, 5) is 31.1. The molecule has 4 rings (SSSR count). The Hall–Kier alpha value is -3.20. The van der Waals surface area contributed by atoms with E-state index in [1.54, 1.807) is 11.3 Å². The standard InChI is InChI=1S/C30H38N4O3S/c1-3-30(36)34(23-10-5-4-6-11-23)24-16-19-33(20-17-24)22-29(35)32-25-12-7-8-13-26(25)37-27(15-18-31-2)28-14-9-21-38-28/h4-14,21,24,27,31H,3,15-20,22H2,1-2H3,(H,32,35). The Bertz CT molecular complexity index is 1150. The highest BCUT2D eigenvalue weighted by molar-refractivity contribution is 7.10. The Labute approximate surface area is 229 Å². The molecular weight excluding hydrogens is 496 g/mol. The summed E-state index contributed by atoms with van der Waals surface area (Å²) in [5.74, 6) is 0.747. The Kier molecular flexibility index (Phi) is 10.3. The van der Waals surface area contributed by atoms with Crippen LogP contribution in [-0.4, -0.2) is 56.0 Å². The maximum absolute atomic E-state index is 13.0. The van der Waals surface area contributed by atoms with E-state index in [0.717, 1.165) is 49.5 Å². The number of thiophene rings is 1. The maximum atomic E-state index is 13.0. The Morgan fingerprint density at radius 1 is 1.05 bits per heavy atom. The van der Waals surface area contributed by atoms with Crippen molar-refractivity contribution < 1.29 is 14.3 Å². The average Bonchev–Trinajstić information content (AvgIpc) is 3.48. The molecule has 202 valence electrons. The molecule has 0 bridgehead atoms. The van der Waals surface area contributed by atoms with Crippen LogP contribution >= 0.6 is 11.3 Å². The van der Waals surface area contributed by atoms with E-state index in [2.05, 4.69) is 27.0 Å². The van der Waals surface area contributed by atoms with Gasteiger partial charge in [-0.25, -0.2) is 0 Å². The third kappa shape index (κ3) is 7.43. The monoisotopic (exact) mass is 534 g/mol. The first-order chi connectivity index (χ1) is 18.6. The van der Waals surface area contributed by atoms with Crippen LogP contribution in [0.2, 0.25) is 0 Å². The zero-order valence-electron chi connectivity index (χ0n) is 22.3. The van der Waals surface area contributed by atoms with Crippen molar-refractivity contribution in [2.45, 2.75) is 44.8 Å². The van der Waals surface area contributed by atoms with Crippen molar-refractivity contribution in [1.29, 1.82) is 0 Å². The van der Waals surface area contributed by atoms with Gasteiger partial charge in [0.15, 0.2) is 0 Å². The van der Waals surface area contributed by atoms with E-state index >= 15 is 0 Å². The number of carbonyl (C=O) groups excluding carboxylic acids is 2. The molecule has 0 aliphatic carbocycles. The molecule has 2 N–H and O–H groups in total. The molecule has 1 saturated heterocycles. The molecule has 1 atom stereocenters. The second-order valence-corrected chi connectivity index (χ2v) is 10.5. The number of para-hydroxylation sites is 3. The van der Waals surface area contributed by atoms with E-state index in [1.807, 2.05) is 79.5 Å². The molecule has 0 radical (unpaired) electrons. The van der Waals surface area contributed by atoms with Crippen molar-refractivity contribution in [3.8, 4) is 5.75 Å². The molecule has 2 heterocycles. The van der Waals surface area contributed by atoms with Crippen molar-refractivity contribution in [1.82, 2.24) is 10.2 Å². The number of benzene rings is 2. The normalized spacial score (nSPS) is 15.1. The van der Waals surface area contributed by atoms with Gasteiger partial charge in [0.2, 0.25) is 11.8 Å². The summed E-state index contributed by atoms with van der Waals surface area (Å²) in [5, 5.41) is 8.32. The molecule has 0 saturated carbocycles. The van der Waals surface area contributed by atoms with Crippen LogP contribution in [0.3, 0.4) is 0 Å². The van der Waals surface area contributed by atoms with Crippen LogP contribution < -0.4 is 20.3 Å². The topological polar surface area (TPSA) is 73.9 Å². The fraction of sp³-hybridized carbons (Fsp3) is 0.400. The maximum Gasteiger partial charge on any atom is 0.238 e. The molecule has 2 aromatic carbocycles. The highest BCUT2D eigenvalue weighted by Crippen LogP contribution is 2.32. The number of nitrogens with one attached hydrogen (secondary N) is 2. The van der Waals surface area contributed by atoms with Gasteiger partial charge in [-0.05, 0) is 62.1 Å². The lowest BCUT2D eigenvalue weighted by atomic mass is 10.0. The highest BCUT2D eigenvalue weighted by atomic mass is 32.1. The van der Waals surface area contributed by atoms with E-state index in [4.69, 9.17) is 4.74 Å². The fourth-order valence-corrected chi connectivity index (χ4v) is 5.67. The van der Waals surface area contributed by atoms with Crippen LogP contribution in [0.25, 0.3) is 0 Å². The van der Waals surface area contributed by atoms with Gasteiger partial charge < -0.3 is 20.3 Å². The van der Waals surface area contributed by atoms with Gasteiger partial charge in [-0.1, -0.05) is 43.3 Å². The summed E-state index contributed by atoms with van der Waals surface area (Å²) in [6.07, 6.45) is 2.89. The summed E-state index contributed by atoms with van der Waals surface area (Å²) in [7, 11) is 1.93. The highest BCUT2D eigenvalue weighted by Gasteiger charge is 2.29. The lowest BCUT2D eigenvalue weighted by molar-refractivity contribution is -0.120. The van der Waals surface area contributed by atoms with Crippen LogP contribution in [0.15, 0.2) is 72.1 Å². The predicted molar refractivity (Wildman–Crippen MR) is 155 cm³/mol. The van der Waals surface area contributed by atoms with Crippen molar-refractivity contribution in [3.05, 3.63) is 77.0 Å². The number of piperidine rings is 1. The largest absolute Gasteiger partial charge is 0.483 e. The molecule has 7 nitrogen and oxygen atoms in total. The van der Waals surface area contributed by atoms with Crippen LogP contribution in [-0.2, 0) is 9.59 Å². The lowest BCUT2D eigenvalue weighted by Gasteiger charge is -2.38. The number of hydrogen-bond donors (Lipinski definition) is 2. The van der Waals surface area contributed by atoms with Crippen molar-refractivity contribution in [2.75, 3.05) is 43.4 Å². The number of amides is 2. The summed E-state index contributed by atoms with van der Waals surface area (Å²) in [5.41, 5.74) is 1.63. The van der Waals surface area contributed by atoms with E-state index < -0.39 is 0 Å². The third-order valence-electron chi connectivity index (χ3n) is 6.84. The molecule has 1 fully saturated rings. The lowest BCUT2D eigenvalue weighted by Crippen LogP contribution is -2.48. The Morgan fingerprint density at radius 2 is 1.79 bits per heavy atom. The number of carbonyl (C=O) groups is 2. The molecule has 38 heavy (non-hydrogen) atoms. The van der Waals surface area contributed by atoms with E-state index in [0.29, 0.717) is 24.4 Å². The molecular formula is C30H38N4O3S. The van der Waals surface area contributed by atoms with Crippen LogP contribution in [0.4, 0.5) is 11.4 Å². The summed E-state index contributed by atoms with van der Waals surface area (Å²) >= 11 is 1.68. The number of hydrogen-bond acceptors (Lipinski definition) is 6. The summed E-state index contributed by atoms with van der Waals surface area (Å²) < 4.78 is 6.40. The van der Waals surface area contributed by atoms with E-state index in [1.165, 1.54) is 0 Å². The van der Waals surface area contributed by atoms with E-state index in [9.17, 15) is 9.59 Å². The first kappa shape index (κ1) is 27.8. The molecule has 1 aromatic heterocycles. The second kappa shape index (κ2) is 14.1. The molecule has 0 spiro atoms. The smallest absolute Gasteiger partial charge is 0.238 e. The molecule has 2 amide bonds. The van der Waals surface area contributed by atoms with Crippen molar-refractivity contribution in [2.24, 2.45) is 0 Å². The van der Waals surface area contributed by atoms with Gasteiger partial charge in [-0.15, -0.1) is 11.3 Å². The third-order valence-corrected chi connectivity index (χ3v) is 7.81. The van der Waals surface area contributed by atoms with Gasteiger partial charge in [0.25, 0.3) is 0 Å². The molecule has 8 heteroatoms. The first-order valence-corrected chi connectivity index (χ1v) is 14.3. The second-order valence-electron chi connectivity index (χ2n) is 9.52. The molecule has 1 aliphatic rings. The number of nitrogens with zero attached hydrogens (tertiary/aromatic N) is 2. The van der Waals surface area contributed by atoms with Crippen molar-refractivity contribution >= 4 is 34.5 Å². The van der Waals surface area contributed by atoms with Crippen LogP contribution in [0.5, 0.6) is 5.75 Å². The van der Waals surface area contributed by atoms with Crippen molar-refractivity contribution in [3.63, 3.8) is 0 Å². The minimum Gasteiger partial charge on any atom is -0.483 e. The zero-order chi connectivity index (χ0) is 26.7. The van der Waals surface area contributed by atoms with E-state index in [-0.39, 0.29) is 24.0 Å². The van der Waals surface area contributed by atoms with Gasteiger partial charge in [-0.2, -0.15) is 0 Å². The van der Waals surface area contributed by atoms with Gasteiger partial charge in [0.1, 0.15) is 11.9 Å². The predicted octanol–water partition coefficient (Wildman–Crippen LogP) is 5.32. The number of anilines is 2.